The predicted molar refractivity (Wildman–Crippen MR) is 181 cm³/mol. The van der Waals surface area contributed by atoms with E-state index >= 15 is 0 Å². The number of benzene rings is 4. The molecule has 0 unspecified atom stereocenters. The molecule has 4 aromatic carbocycles. The first-order chi connectivity index (χ1) is 23.0. The van der Waals surface area contributed by atoms with Gasteiger partial charge in [-0.1, -0.05) is 72.4 Å². The largest absolute Gasteiger partial charge is 0.497 e. The van der Waals surface area contributed by atoms with Crippen LogP contribution in [-0.4, -0.2) is 57.3 Å². The summed E-state index contributed by atoms with van der Waals surface area (Å²) >= 11 is 1.30. The van der Waals surface area contributed by atoms with Gasteiger partial charge < -0.3 is 19.4 Å². The van der Waals surface area contributed by atoms with Gasteiger partial charge in [0.1, 0.15) is 11.5 Å². The van der Waals surface area contributed by atoms with Crippen LogP contribution in [0.2, 0.25) is 0 Å². The van der Waals surface area contributed by atoms with Crippen LogP contribution in [0.15, 0.2) is 119 Å². The Kier molecular flexibility index (Phi) is 9.93. The third kappa shape index (κ3) is 7.53. The van der Waals surface area contributed by atoms with Gasteiger partial charge in [-0.15, -0.1) is 10.2 Å². The van der Waals surface area contributed by atoms with Gasteiger partial charge in [0.2, 0.25) is 0 Å². The summed E-state index contributed by atoms with van der Waals surface area (Å²) in [5.74, 6) is 1.81. The highest BCUT2D eigenvalue weighted by Gasteiger charge is 2.33. The minimum absolute atomic E-state index is 0.0926. The Bertz CT molecular complexity index is 1840. The zero-order valence-electron chi connectivity index (χ0n) is 26.1. The van der Waals surface area contributed by atoms with Gasteiger partial charge in [0, 0.05) is 12.0 Å². The van der Waals surface area contributed by atoms with Gasteiger partial charge in [-0.25, -0.2) is 5.01 Å². The van der Waals surface area contributed by atoms with E-state index in [9.17, 15) is 9.59 Å². The molecule has 0 aliphatic carbocycles. The van der Waals surface area contributed by atoms with E-state index in [0.29, 0.717) is 29.5 Å². The molecule has 0 saturated carbocycles. The summed E-state index contributed by atoms with van der Waals surface area (Å²) in [6.07, 6.45) is 0.560. The molecular weight excluding hydrogens is 613 g/mol. The van der Waals surface area contributed by atoms with E-state index in [-0.39, 0.29) is 30.2 Å². The second kappa shape index (κ2) is 14.8. The quantitative estimate of drug-likeness (QED) is 0.172. The number of nitrogens with one attached hydrogen (secondary N) is 1. The number of hydrogen-bond acceptors (Lipinski definition) is 8. The Morgan fingerprint density at radius 3 is 2.13 bits per heavy atom. The first-order valence-electron chi connectivity index (χ1n) is 15.1. The molecule has 0 bridgehead atoms. The Hall–Kier alpha value is -5.42. The van der Waals surface area contributed by atoms with E-state index in [0.717, 1.165) is 33.9 Å². The molecule has 11 heteroatoms. The van der Waals surface area contributed by atoms with Crippen LogP contribution in [0.3, 0.4) is 0 Å². The highest BCUT2D eigenvalue weighted by molar-refractivity contribution is 7.99. The van der Waals surface area contributed by atoms with Crippen LogP contribution < -0.4 is 14.8 Å². The third-order valence-electron chi connectivity index (χ3n) is 7.83. The first-order valence-corrected chi connectivity index (χ1v) is 16.1. The lowest BCUT2D eigenvalue weighted by Gasteiger charge is -2.22. The van der Waals surface area contributed by atoms with E-state index in [1.807, 2.05) is 102 Å². The van der Waals surface area contributed by atoms with Crippen molar-refractivity contribution in [3.63, 3.8) is 0 Å². The molecule has 2 amide bonds. The number of nitrogens with zero attached hydrogens (tertiary/aromatic N) is 5. The van der Waals surface area contributed by atoms with Crippen molar-refractivity contribution < 1.29 is 19.1 Å². The summed E-state index contributed by atoms with van der Waals surface area (Å²) in [4.78, 5) is 26.6. The number of hydrogen-bond donors (Lipinski definition) is 1. The average Bonchev–Trinajstić information content (AvgIpc) is 3.75. The lowest BCUT2D eigenvalue weighted by atomic mass is 9.98. The van der Waals surface area contributed by atoms with Gasteiger partial charge in [0.05, 0.1) is 44.8 Å². The van der Waals surface area contributed by atoms with Crippen molar-refractivity contribution in [3.8, 4) is 11.5 Å². The van der Waals surface area contributed by atoms with Crippen molar-refractivity contribution >= 4 is 29.3 Å². The summed E-state index contributed by atoms with van der Waals surface area (Å²) in [5, 5.41) is 18.7. The summed E-state index contributed by atoms with van der Waals surface area (Å²) in [5.41, 5.74) is 4.31. The molecule has 238 valence electrons. The van der Waals surface area contributed by atoms with Crippen molar-refractivity contribution in [3.05, 3.63) is 137 Å². The van der Waals surface area contributed by atoms with Crippen LogP contribution in [0.25, 0.3) is 0 Å². The van der Waals surface area contributed by atoms with Gasteiger partial charge in [-0.2, -0.15) is 5.10 Å². The average molecular weight is 647 g/mol. The van der Waals surface area contributed by atoms with E-state index < -0.39 is 0 Å². The molecular formula is C36H34N6O4S. The maximum Gasteiger partial charge on any atom is 0.253 e. The number of carbonyl (C=O) groups is 2. The maximum atomic E-state index is 13.9. The number of amides is 2. The summed E-state index contributed by atoms with van der Waals surface area (Å²) in [6.45, 7) is 0.669. The summed E-state index contributed by atoms with van der Waals surface area (Å²) in [7, 11) is 3.26. The third-order valence-corrected chi connectivity index (χ3v) is 8.79. The van der Waals surface area contributed by atoms with Gasteiger partial charge >= 0.3 is 0 Å². The number of rotatable bonds is 12. The SMILES string of the molecule is COc1ccc(C2=NN(C(=O)CSc3nnc(CNC(=O)c4ccccc4)n3Cc3ccccc3)[C@@H](c3ccc(OC)cc3)C2)cc1. The molecule has 1 aromatic heterocycles. The van der Waals surface area contributed by atoms with Crippen molar-refractivity contribution in [1.82, 2.24) is 25.1 Å². The fourth-order valence-electron chi connectivity index (χ4n) is 5.31. The molecule has 6 rings (SSSR count). The number of carbonyl (C=O) groups excluding carboxylic acids is 2. The zero-order valence-corrected chi connectivity index (χ0v) is 26.9. The van der Waals surface area contributed by atoms with E-state index in [1.165, 1.54) is 11.8 Å². The Morgan fingerprint density at radius 2 is 1.47 bits per heavy atom. The summed E-state index contributed by atoms with van der Waals surface area (Å²) < 4.78 is 12.6. The molecule has 2 heterocycles. The van der Waals surface area contributed by atoms with Crippen LogP contribution in [0.4, 0.5) is 0 Å². The second-order valence-corrected chi connectivity index (χ2v) is 11.8. The highest BCUT2D eigenvalue weighted by Crippen LogP contribution is 2.35. The van der Waals surface area contributed by atoms with Gasteiger partial charge in [0.25, 0.3) is 11.8 Å². The van der Waals surface area contributed by atoms with Gasteiger partial charge in [-0.05, 0) is 65.2 Å². The van der Waals surface area contributed by atoms with Crippen LogP contribution in [0.1, 0.15) is 45.3 Å². The van der Waals surface area contributed by atoms with Gasteiger partial charge in [-0.3, -0.25) is 9.59 Å². The number of aromatic nitrogens is 3. The van der Waals surface area contributed by atoms with Crippen LogP contribution in [0.5, 0.6) is 11.5 Å². The number of thioether (sulfide) groups is 1. The molecule has 1 N–H and O–H groups in total. The minimum Gasteiger partial charge on any atom is -0.497 e. The molecule has 1 aliphatic rings. The molecule has 0 fully saturated rings. The fraction of sp³-hybridized carbons (Fsp3) is 0.194. The lowest BCUT2D eigenvalue weighted by molar-refractivity contribution is -0.130. The van der Waals surface area contributed by atoms with Crippen molar-refractivity contribution in [2.75, 3.05) is 20.0 Å². The predicted octanol–water partition coefficient (Wildman–Crippen LogP) is 5.74. The van der Waals surface area contributed by atoms with Crippen LogP contribution in [-0.2, 0) is 17.9 Å². The zero-order chi connectivity index (χ0) is 32.6. The number of ether oxygens (including phenoxy) is 2. The van der Waals surface area contributed by atoms with E-state index in [1.54, 1.807) is 31.4 Å². The van der Waals surface area contributed by atoms with Crippen molar-refractivity contribution in [1.29, 1.82) is 0 Å². The summed E-state index contributed by atoms with van der Waals surface area (Å²) in [6, 6.07) is 34.1. The molecule has 10 nitrogen and oxygen atoms in total. The highest BCUT2D eigenvalue weighted by atomic mass is 32.2. The van der Waals surface area contributed by atoms with E-state index in [2.05, 4.69) is 15.5 Å². The minimum atomic E-state index is -0.281. The molecule has 0 radical (unpaired) electrons. The topological polar surface area (TPSA) is 111 Å². The monoisotopic (exact) mass is 646 g/mol. The number of hydrazone groups is 1. The molecule has 0 saturated heterocycles. The molecule has 1 aliphatic heterocycles. The van der Waals surface area contributed by atoms with Gasteiger partial charge in [0.15, 0.2) is 11.0 Å². The molecule has 0 spiro atoms. The lowest BCUT2D eigenvalue weighted by Crippen LogP contribution is -2.28. The standard InChI is InChI=1S/C36H34N6O4S/c1-45-29-17-13-26(14-18-29)31-21-32(27-15-19-30(46-2)20-16-27)42(40-31)34(43)24-47-36-39-38-33(41(36)23-25-9-5-3-6-10-25)22-37-35(44)28-11-7-4-8-12-28/h3-20,32H,21-24H2,1-2H3,(H,37,44)/t32-/m1/s1. The Labute approximate surface area is 277 Å². The molecule has 47 heavy (non-hydrogen) atoms. The normalized spacial score (nSPS) is 14.0. The smallest absolute Gasteiger partial charge is 0.253 e. The van der Waals surface area contributed by atoms with Crippen molar-refractivity contribution in [2.45, 2.75) is 30.7 Å². The van der Waals surface area contributed by atoms with Crippen LogP contribution in [0, 0.1) is 0 Å². The molecule has 1 atom stereocenters. The second-order valence-electron chi connectivity index (χ2n) is 10.8. The van der Waals surface area contributed by atoms with Crippen LogP contribution >= 0.6 is 11.8 Å². The van der Waals surface area contributed by atoms with E-state index in [4.69, 9.17) is 14.6 Å². The number of methoxy groups -OCH3 is 2. The fourth-order valence-corrected chi connectivity index (χ4v) is 6.12. The first kappa shape index (κ1) is 31.6. The Balaban J connectivity index is 1.22. The van der Waals surface area contributed by atoms with Crippen molar-refractivity contribution in [2.24, 2.45) is 5.10 Å². The Morgan fingerprint density at radius 1 is 0.830 bits per heavy atom. The maximum absolute atomic E-state index is 13.9. The molecule has 5 aromatic rings.